The van der Waals surface area contributed by atoms with Gasteiger partial charge in [0.2, 0.25) is 5.91 Å². The van der Waals surface area contributed by atoms with E-state index in [0.717, 1.165) is 5.56 Å². The van der Waals surface area contributed by atoms with Gasteiger partial charge in [0.1, 0.15) is 5.56 Å². The molecule has 6 nitrogen and oxygen atoms in total. The van der Waals surface area contributed by atoms with Gasteiger partial charge in [0.25, 0.3) is 5.56 Å². The fourth-order valence-electron chi connectivity index (χ4n) is 3.57. The van der Waals surface area contributed by atoms with E-state index in [0.29, 0.717) is 42.1 Å². The third-order valence-corrected chi connectivity index (χ3v) is 5.40. The van der Waals surface area contributed by atoms with Crippen LogP contribution in [0.5, 0.6) is 0 Å². The van der Waals surface area contributed by atoms with Crippen molar-refractivity contribution in [1.82, 2.24) is 9.47 Å². The summed E-state index contributed by atoms with van der Waals surface area (Å²) in [5.41, 5.74) is 1.42. The van der Waals surface area contributed by atoms with Gasteiger partial charge in [0, 0.05) is 37.3 Å². The number of carboxylic acid groups (broad SMARTS) is 1. The van der Waals surface area contributed by atoms with Crippen LogP contribution in [0.25, 0.3) is 0 Å². The molecule has 2 heterocycles. The molecule has 0 fully saturated rings. The largest absolute Gasteiger partial charge is 0.477 e. The summed E-state index contributed by atoms with van der Waals surface area (Å²) in [5, 5.41) is 10.2. The monoisotopic (exact) mass is 388 g/mol. The Kier molecular flexibility index (Phi) is 5.37. The second-order valence-corrected chi connectivity index (χ2v) is 7.27. The van der Waals surface area contributed by atoms with Crippen LogP contribution >= 0.6 is 11.6 Å². The van der Waals surface area contributed by atoms with E-state index in [4.69, 9.17) is 11.6 Å². The Bertz CT molecular complexity index is 967. The Hall–Kier alpha value is -2.60. The number of nitrogens with zero attached hydrogens (tertiary/aromatic N) is 2. The number of hydrogen-bond donors (Lipinski definition) is 1. The number of carbonyl (C=O) groups excluding carboxylic acids is 1. The smallest absolute Gasteiger partial charge is 0.341 e. The molecule has 1 aromatic carbocycles. The van der Waals surface area contributed by atoms with Crippen molar-refractivity contribution in [3.63, 3.8) is 0 Å². The molecule has 1 unspecified atom stereocenters. The molecule has 0 aliphatic carbocycles. The number of halogens is 1. The molecule has 0 spiro atoms. The highest BCUT2D eigenvalue weighted by Crippen LogP contribution is 2.24. The van der Waals surface area contributed by atoms with Crippen LogP contribution in [0.3, 0.4) is 0 Å². The van der Waals surface area contributed by atoms with Crippen molar-refractivity contribution in [2.24, 2.45) is 0 Å². The molecule has 1 amide bonds. The van der Waals surface area contributed by atoms with Crippen LogP contribution in [0.4, 0.5) is 0 Å². The summed E-state index contributed by atoms with van der Waals surface area (Å²) in [6.07, 6.45) is 2.56. The molecular weight excluding hydrogens is 368 g/mol. The van der Waals surface area contributed by atoms with Gasteiger partial charge in [-0.3, -0.25) is 9.59 Å². The minimum absolute atomic E-state index is 0.0700. The van der Waals surface area contributed by atoms with Crippen molar-refractivity contribution in [2.75, 3.05) is 6.54 Å². The standard InChI is InChI=1S/C20H21ClN2O4/c1-12(9-14-5-3-4-6-17(14)21)23-11-15-10-22(13(2)24)8-7-16(15)18(19(23)25)20(26)27/h3-6,11-12H,7-10H2,1-2H3,(H,26,27). The molecule has 1 N–H and O–H groups in total. The van der Waals surface area contributed by atoms with Crippen molar-refractivity contribution >= 4 is 23.5 Å². The molecule has 0 saturated heterocycles. The van der Waals surface area contributed by atoms with Gasteiger partial charge in [-0.25, -0.2) is 4.79 Å². The molecule has 1 atom stereocenters. The summed E-state index contributed by atoms with van der Waals surface area (Å²) in [5.74, 6) is -1.30. The Balaban J connectivity index is 2.05. The quantitative estimate of drug-likeness (QED) is 0.873. The van der Waals surface area contributed by atoms with Gasteiger partial charge in [-0.05, 0) is 42.5 Å². The molecule has 3 rings (SSSR count). The van der Waals surface area contributed by atoms with E-state index in [1.807, 2.05) is 25.1 Å². The lowest BCUT2D eigenvalue weighted by Crippen LogP contribution is -2.39. The SMILES string of the molecule is CC(=O)N1CCc2c(cn(C(C)Cc3ccccc3Cl)c(=O)c2C(=O)O)C1. The molecule has 2 aromatic rings. The van der Waals surface area contributed by atoms with Gasteiger partial charge in [-0.2, -0.15) is 0 Å². The van der Waals surface area contributed by atoms with E-state index < -0.39 is 11.5 Å². The Morgan fingerprint density at radius 3 is 2.63 bits per heavy atom. The number of carboxylic acids is 1. The maximum absolute atomic E-state index is 12.9. The topological polar surface area (TPSA) is 79.6 Å². The highest BCUT2D eigenvalue weighted by Gasteiger charge is 2.27. The molecule has 0 bridgehead atoms. The molecule has 0 radical (unpaired) electrons. The molecule has 0 saturated carbocycles. The first kappa shape index (κ1) is 19.2. The van der Waals surface area contributed by atoms with Crippen LogP contribution in [-0.2, 0) is 24.2 Å². The molecule has 1 aromatic heterocycles. The van der Waals surface area contributed by atoms with E-state index in [9.17, 15) is 19.5 Å². The van der Waals surface area contributed by atoms with Crippen LogP contribution in [0, 0.1) is 0 Å². The number of carbonyl (C=O) groups is 2. The molecule has 1 aliphatic rings. The van der Waals surface area contributed by atoms with E-state index in [2.05, 4.69) is 0 Å². The van der Waals surface area contributed by atoms with Crippen LogP contribution < -0.4 is 5.56 Å². The zero-order valence-electron chi connectivity index (χ0n) is 15.2. The predicted molar refractivity (Wildman–Crippen MR) is 102 cm³/mol. The van der Waals surface area contributed by atoms with Gasteiger partial charge in [-0.1, -0.05) is 29.8 Å². The number of aromatic carboxylic acids is 1. The number of aromatic nitrogens is 1. The summed E-state index contributed by atoms with van der Waals surface area (Å²) in [7, 11) is 0. The average molecular weight is 389 g/mol. The van der Waals surface area contributed by atoms with Crippen molar-refractivity contribution in [3.8, 4) is 0 Å². The highest BCUT2D eigenvalue weighted by molar-refractivity contribution is 6.31. The fourth-order valence-corrected chi connectivity index (χ4v) is 3.79. The minimum Gasteiger partial charge on any atom is -0.477 e. The second kappa shape index (κ2) is 7.56. The van der Waals surface area contributed by atoms with Crippen molar-refractivity contribution in [1.29, 1.82) is 0 Å². The summed E-state index contributed by atoms with van der Waals surface area (Å²) in [6, 6.07) is 7.09. The van der Waals surface area contributed by atoms with E-state index in [1.54, 1.807) is 17.2 Å². The maximum Gasteiger partial charge on any atom is 0.341 e. The summed E-state index contributed by atoms with van der Waals surface area (Å²) in [4.78, 5) is 38.0. The first-order valence-electron chi connectivity index (χ1n) is 8.78. The normalized spacial score (nSPS) is 14.6. The highest BCUT2D eigenvalue weighted by atomic mass is 35.5. The first-order chi connectivity index (χ1) is 12.8. The number of hydrogen-bond acceptors (Lipinski definition) is 3. The number of pyridine rings is 1. The molecule has 1 aliphatic heterocycles. The van der Waals surface area contributed by atoms with Gasteiger partial charge in [0.05, 0.1) is 0 Å². The Morgan fingerprint density at radius 2 is 2.00 bits per heavy atom. The van der Waals surface area contributed by atoms with Crippen LogP contribution in [-0.4, -0.2) is 33.0 Å². The Morgan fingerprint density at radius 1 is 1.30 bits per heavy atom. The van der Waals surface area contributed by atoms with Gasteiger partial charge in [0.15, 0.2) is 0 Å². The minimum atomic E-state index is -1.23. The van der Waals surface area contributed by atoms with E-state index >= 15 is 0 Å². The lowest BCUT2D eigenvalue weighted by atomic mass is 9.95. The Labute approximate surface area is 162 Å². The fraction of sp³-hybridized carbons (Fsp3) is 0.350. The van der Waals surface area contributed by atoms with E-state index in [1.165, 1.54) is 11.5 Å². The molecule has 7 heteroatoms. The number of amides is 1. The van der Waals surface area contributed by atoms with Crippen molar-refractivity contribution < 1.29 is 14.7 Å². The van der Waals surface area contributed by atoms with Crippen LogP contribution in [0.15, 0.2) is 35.3 Å². The predicted octanol–water partition coefficient (Wildman–Crippen LogP) is 2.91. The van der Waals surface area contributed by atoms with Crippen molar-refractivity contribution in [2.45, 2.75) is 39.3 Å². The summed E-state index contributed by atoms with van der Waals surface area (Å²) >= 11 is 6.22. The molecule has 27 heavy (non-hydrogen) atoms. The first-order valence-corrected chi connectivity index (χ1v) is 9.16. The zero-order valence-corrected chi connectivity index (χ0v) is 16.0. The summed E-state index contributed by atoms with van der Waals surface area (Å²) in [6.45, 7) is 4.07. The second-order valence-electron chi connectivity index (χ2n) is 6.86. The lowest BCUT2D eigenvalue weighted by molar-refractivity contribution is -0.129. The van der Waals surface area contributed by atoms with Crippen LogP contribution in [0.1, 0.15) is 46.9 Å². The lowest BCUT2D eigenvalue weighted by Gasteiger charge is -2.30. The average Bonchev–Trinajstić information content (AvgIpc) is 2.62. The molecule has 142 valence electrons. The van der Waals surface area contributed by atoms with Gasteiger partial charge >= 0.3 is 5.97 Å². The van der Waals surface area contributed by atoms with Gasteiger partial charge < -0.3 is 14.6 Å². The summed E-state index contributed by atoms with van der Waals surface area (Å²) < 4.78 is 1.45. The third kappa shape index (κ3) is 3.76. The maximum atomic E-state index is 12.9. The molecular formula is C20H21ClN2O4. The zero-order chi connectivity index (χ0) is 19.7. The van der Waals surface area contributed by atoms with Crippen molar-refractivity contribution in [3.05, 3.63) is 68.1 Å². The third-order valence-electron chi connectivity index (χ3n) is 5.03. The number of rotatable bonds is 4. The van der Waals surface area contributed by atoms with Crippen LogP contribution in [0.2, 0.25) is 5.02 Å². The number of fused-ring (bicyclic) bond motifs is 1. The van der Waals surface area contributed by atoms with Gasteiger partial charge in [-0.15, -0.1) is 0 Å². The number of benzene rings is 1. The van der Waals surface area contributed by atoms with E-state index in [-0.39, 0.29) is 17.5 Å².